The summed E-state index contributed by atoms with van der Waals surface area (Å²) < 4.78 is 1.39. The van der Waals surface area contributed by atoms with Crippen LogP contribution in [0, 0.1) is 0 Å². The van der Waals surface area contributed by atoms with E-state index in [-0.39, 0.29) is 0 Å². The van der Waals surface area contributed by atoms with E-state index in [4.69, 9.17) is 0 Å². The molecule has 0 amide bonds. The fraction of sp³-hybridized carbons (Fsp3) is 0.444. The monoisotopic (exact) mass is 210 g/mol. The Balaban J connectivity index is 3.27. The minimum Gasteiger partial charge on any atom is -0.369 e. The zero-order chi connectivity index (χ0) is 11.4. The predicted molar refractivity (Wildman–Crippen MR) is 58.8 cm³/mol. The summed E-state index contributed by atoms with van der Waals surface area (Å²) in [4.78, 5) is 30.4. The zero-order valence-electron chi connectivity index (χ0n) is 9.02. The SMILES string of the molecule is CCn1c(N=CN(C)C)cc(=O)[nH]c1=O. The number of rotatable bonds is 3. The molecule has 0 aliphatic heterocycles. The molecule has 0 radical (unpaired) electrons. The van der Waals surface area contributed by atoms with E-state index in [1.807, 2.05) is 21.0 Å². The molecular weight excluding hydrogens is 196 g/mol. The van der Waals surface area contributed by atoms with Crippen molar-refractivity contribution in [2.24, 2.45) is 4.99 Å². The fourth-order valence-corrected chi connectivity index (χ4v) is 1.10. The molecule has 1 aromatic heterocycles. The van der Waals surface area contributed by atoms with E-state index in [0.717, 1.165) is 0 Å². The van der Waals surface area contributed by atoms with Crippen LogP contribution in [0.2, 0.25) is 0 Å². The first-order valence-corrected chi connectivity index (χ1v) is 4.59. The standard InChI is InChI=1S/C9H14N4O2/c1-4-13-7(10-6-12(2)3)5-8(14)11-9(13)15/h5-6H,4H2,1-3H3,(H,11,14,15). The van der Waals surface area contributed by atoms with E-state index in [9.17, 15) is 9.59 Å². The first-order valence-electron chi connectivity index (χ1n) is 4.59. The van der Waals surface area contributed by atoms with Crippen molar-refractivity contribution < 1.29 is 0 Å². The summed E-state index contributed by atoms with van der Waals surface area (Å²) >= 11 is 0. The van der Waals surface area contributed by atoms with Gasteiger partial charge in [-0.2, -0.15) is 0 Å². The smallest absolute Gasteiger partial charge is 0.329 e. The fourth-order valence-electron chi connectivity index (χ4n) is 1.10. The van der Waals surface area contributed by atoms with Crippen LogP contribution in [-0.4, -0.2) is 34.9 Å². The highest BCUT2D eigenvalue weighted by Gasteiger charge is 2.01. The molecule has 1 N–H and O–H groups in total. The molecule has 1 heterocycles. The van der Waals surface area contributed by atoms with Crippen molar-refractivity contribution in [3.63, 3.8) is 0 Å². The van der Waals surface area contributed by atoms with Crippen LogP contribution < -0.4 is 11.2 Å². The van der Waals surface area contributed by atoms with E-state index in [0.29, 0.717) is 12.4 Å². The average molecular weight is 210 g/mol. The van der Waals surface area contributed by atoms with Crippen molar-refractivity contribution in [3.05, 3.63) is 26.9 Å². The summed E-state index contributed by atoms with van der Waals surface area (Å²) in [5.74, 6) is 0.361. The lowest BCUT2D eigenvalue weighted by Crippen LogP contribution is -2.28. The van der Waals surface area contributed by atoms with Crippen molar-refractivity contribution in [1.29, 1.82) is 0 Å². The molecule has 0 aromatic carbocycles. The van der Waals surface area contributed by atoms with Crippen molar-refractivity contribution in [2.45, 2.75) is 13.5 Å². The van der Waals surface area contributed by atoms with Gasteiger partial charge in [0, 0.05) is 26.7 Å². The Bertz CT molecular complexity index is 470. The van der Waals surface area contributed by atoms with Crippen LogP contribution in [0.1, 0.15) is 6.92 Å². The van der Waals surface area contributed by atoms with Gasteiger partial charge in [0.05, 0.1) is 6.34 Å². The van der Waals surface area contributed by atoms with Gasteiger partial charge in [-0.25, -0.2) is 9.79 Å². The molecule has 0 aliphatic carbocycles. The maximum absolute atomic E-state index is 11.4. The topological polar surface area (TPSA) is 70.5 Å². The van der Waals surface area contributed by atoms with Crippen LogP contribution in [0.3, 0.4) is 0 Å². The van der Waals surface area contributed by atoms with Gasteiger partial charge in [-0.1, -0.05) is 0 Å². The molecule has 1 rings (SSSR count). The normalized spacial score (nSPS) is 10.9. The zero-order valence-corrected chi connectivity index (χ0v) is 9.02. The third-order valence-electron chi connectivity index (χ3n) is 1.75. The van der Waals surface area contributed by atoms with Gasteiger partial charge in [-0.3, -0.25) is 14.3 Å². The van der Waals surface area contributed by atoms with Crippen molar-refractivity contribution >= 4 is 12.2 Å². The largest absolute Gasteiger partial charge is 0.369 e. The van der Waals surface area contributed by atoms with E-state index < -0.39 is 11.2 Å². The van der Waals surface area contributed by atoms with E-state index in [2.05, 4.69) is 9.98 Å². The number of hydrogen-bond donors (Lipinski definition) is 1. The van der Waals surface area contributed by atoms with Gasteiger partial charge in [0.1, 0.15) is 5.82 Å². The Morgan fingerprint density at radius 2 is 2.20 bits per heavy atom. The van der Waals surface area contributed by atoms with Gasteiger partial charge in [0.2, 0.25) is 0 Å². The lowest BCUT2D eigenvalue weighted by Gasteiger charge is -2.06. The number of H-pyrrole nitrogens is 1. The van der Waals surface area contributed by atoms with Crippen LogP contribution in [0.25, 0.3) is 0 Å². The minimum absolute atomic E-state index is 0.361. The molecule has 6 heteroatoms. The van der Waals surface area contributed by atoms with Crippen molar-refractivity contribution in [3.8, 4) is 0 Å². The third kappa shape index (κ3) is 2.80. The van der Waals surface area contributed by atoms with Crippen molar-refractivity contribution in [1.82, 2.24) is 14.5 Å². The highest BCUT2D eigenvalue weighted by molar-refractivity contribution is 5.58. The van der Waals surface area contributed by atoms with E-state index >= 15 is 0 Å². The summed E-state index contributed by atoms with van der Waals surface area (Å²) in [7, 11) is 3.62. The molecule has 0 bridgehead atoms. The Morgan fingerprint density at radius 3 is 2.73 bits per heavy atom. The number of hydrogen-bond acceptors (Lipinski definition) is 3. The highest BCUT2D eigenvalue weighted by atomic mass is 16.2. The van der Waals surface area contributed by atoms with Crippen LogP contribution in [-0.2, 0) is 6.54 Å². The molecule has 1 aromatic rings. The number of aromatic nitrogens is 2. The first kappa shape index (κ1) is 11.2. The van der Waals surface area contributed by atoms with Crippen LogP contribution in [0.15, 0.2) is 20.6 Å². The Labute approximate surface area is 86.9 Å². The minimum atomic E-state index is -0.435. The number of aliphatic imine (C=N–C) groups is 1. The van der Waals surface area contributed by atoms with Crippen molar-refractivity contribution in [2.75, 3.05) is 14.1 Å². The molecular formula is C9H14N4O2. The summed E-state index contributed by atoms with van der Waals surface area (Å²) in [6.07, 6.45) is 1.54. The molecule has 0 spiro atoms. The van der Waals surface area contributed by atoms with Crippen LogP contribution in [0.4, 0.5) is 5.82 Å². The third-order valence-corrected chi connectivity index (χ3v) is 1.75. The first-order chi connectivity index (χ1) is 7.04. The van der Waals surface area contributed by atoms with Gasteiger partial charge in [-0.05, 0) is 6.92 Å². The molecule has 82 valence electrons. The lowest BCUT2D eigenvalue weighted by atomic mass is 10.5. The maximum Gasteiger partial charge on any atom is 0.329 e. The second-order valence-electron chi connectivity index (χ2n) is 3.25. The van der Waals surface area contributed by atoms with E-state index in [1.54, 1.807) is 11.2 Å². The second-order valence-corrected chi connectivity index (χ2v) is 3.25. The highest BCUT2D eigenvalue weighted by Crippen LogP contribution is 2.04. The molecule has 6 nitrogen and oxygen atoms in total. The average Bonchev–Trinajstić information content (AvgIpc) is 2.13. The molecule has 15 heavy (non-hydrogen) atoms. The summed E-state index contributed by atoms with van der Waals surface area (Å²) in [5.41, 5.74) is -0.869. The molecule has 0 saturated carbocycles. The summed E-state index contributed by atoms with van der Waals surface area (Å²) in [6.45, 7) is 2.28. The number of nitrogens with zero attached hydrogens (tertiary/aromatic N) is 3. The Hall–Kier alpha value is -1.85. The number of aromatic amines is 1. The number of nitrogens with one attached hydrogen (secondary N) is 1. The molecule has 0 fully saturated rings. The summed E-state index contributed by atoms with van der Waals surface area (Å²) in [5, 5.41) is 0. The lowest BCUT2D eigenvalue weighted by molar-refractivity contribution is 0.639. The van der Waals surface area contributed by atoms with Gasteiger partial charge in [-0.15, -0.1) is 0 Å². The summed E-state index contributed by atoms with van der Waals surface area (Å²) in [6, 6.07) is 1.30. The quantitative estimate of drug-likeness (QED) is 0.553. The van der Waals surface area contributed by atoms with Crippen LogP contribution in [0.5, 0.6) is 0 Å². The predicted octanol–water partition coefficient (Wildman–Crippen LogP) is -0.222. The molecule has 0 aliphatic rings. The molecule has 0 saturated heterocycles. The Morgan fingerprint density at radius 1 is 1.53 bits per heavy atom. The molecule has 0 atom stereocenters. The Kier molecular flexibility index (Phi) is 3.43. The van der Waals surface area contributed by atoms with E-state index in [1.165, 1.54) is 10.6 Å². The maximum atomic E-state index is 11.4. The van der Waals surface area contributed by atoms with Crippen LogP contribution >= 0.6 is 0 Å². The van der Waals surface area contributed by atoms with Gasteiger partial charge in [0.15, 0.2) is 0 Å². The second kappa shape index (κ2) is 4.59. The van der Waals surface area contributed by atoms with Gasteiger partial charge < -0.3 is 4.90 Å². The van der Waals surface area contributed by atoms with Gasteiger partial charge in [0.25, 0.3) is 5.56 Å². The van der Waals surface area contributed by atoms with Gasteiger partial charge >= 0.3 is 5.69 Å². The molecule has 0 unspecified atom stereocenters.